The van der Waals surface area contributed by atoms with Crippen molar-refractivity contribution in [3.05, 3.63) is 0 Å². The van der Waals surface area contributed by atoms with Crippen LogP contribution < -0.4 is 11.1 Å². The molecule has 2 fully saturated rings. The maximum atomic E-state index is 13.3. The summed E-state index contributed by atoms with van der Waals surface area (Å²) in [5.74, 6) is 0.105. The molecule has 2 saturated heterocycles. The fraction of sp³-hybridized carbons (Fsp3) is 0.857. The first-order chi connectivity index (χ1) is 13.1. The van der Waals surface area contributed by atoms with Crippen molar-refractivity contribution in [2.75, 3.05) is 26.2 Å². The van der Waals surface area contributed by atoms with Crippen molar-refractivity contribution in [3.63, 3.8) is 0 Å². The number of primary amides is 1. The van der Waals surface area contributed by atoms with Gasteiger partial charge in [0.15, 0.2) is 0 Å². The molecule has 0 bridgehead atoms. The summed E-state index contributed by atoms with van der Waals surface area (Å²) in [4.78, 5) is 41.2. The molecule has 2 aliphatic heterocycles. The molecule has 28 heavy (non-hydrogen) atoms. The molecule has 0 aromatic carbocycles. The Morgan fingerprint density at radius 2 is 1.86 bits per heavy atom. The normalized spacial score (nSPS) is 23.0. The smallest absolute Gasteiger partial charge is 0.245 e. The number of piperidine rings is 1. The zero-order valence-electron chi connectivity index (χ0n) is 18.0. The molecule has 7 nitrogen and oxygen atoms in total. The van der Waals surface area contributed by atoms with Crippen LogP contribution in [0.25, 0.3) is 0 Å². The maximum absolute atomic E-state index is 13.3. The molecule has 2 heterocycles. The molecule has 0 unspecified atom stereocenters. The van der Waals surface area contributed by atoms with Gasteiger partial charge in [0, 0.05) is 32.6 Å². The lowest BCUT2D eigenvalue weighted by Crippen LogP contribution is -2.62. The molecule has 0 aromatic heterocycles. The Kier molecular flexibility index (Phi) is 7.87. The van der Waals surface area contributed by atoms with Crippen molar-refractivity contribution in [1.29, 1.82) is 0 Å². The van der Waals surface area contributed by atoms with E-state index in [0.717, 1.165) is 32.2 Å². The molecule has 7 heteroatoms. The van der Waals surface area contributed by atoms with Crippen LogP contribution in [0, 0.1) is 11.3 Å². The number of hydrogen-bond donors (Lipinski definition) is 2. The van der Waals surface area contributed by atoms with E-state index in [-0.39, 0.29) is 41.1 Å². The number of amides is 3. The molecule has 0 saturated carbocycles. The lowest BCUT2D eigenvalue weighted by atomic mass is 9.86. The van der Waals surface area contributed by atoms with E-state index in [2.05, 4.69) is 33.0 Å². The van der Waals surface area contributed by atoms with Crippen LogP contribution in [0.5, 0.6) is 0 Å². The van der Waals surface area contributed by atoms with Gasteiger partial charge in [-0.2, -0.15) is 0 Å². The average molecular weight is 395 g/mol. The Balaban J connectivity index is 2.04. The van der Waals surface area contributed by atoms with Crippen LogP contribution in [0.2, 0.25) is 0 Å². The monoisotopic (exact) mass is 394 g/mol. The van der Waals surface area contributed by atoms with Crippen LogP contribution in [0.1, 0.15) is 66.2 Å². The third-order valence-corrected chi connectivity index (χ3v) is 5.78. The Morgan fingerprint density at radius 3 is 2.39 bits per heavy atom. The van der Waals surface area contributed by atoms with Gasteiger partial charge in [-0.05, 0) is 37.0 Å². The van der Waals surface area contributed by atoms with Crippen LogP contribution in [0.15, 0.2) is 0 Å². The van der Waals surface area contributed by atoms with E-state index >= 15 is 0 Å². The number of hydrogen-bond acceptors (Lipinski definition) is 4. The molecule has 2 aliphatic rings. The van der Waals surface area contributed by atoms with Crippen LogP contribution >= 0.6 is 0 Å². The number of nitrogens with zero attached hydrogens (tertiary/aromatic N) is 2. The molecule has 0 aromatic rings. The van der Waals surface area contributed by atoms with Gasteiger partial charge >= 0.3 is 0 Å². The predicted molar refractivity (Wildman–Crippen MR) is 109 cm³/mol. The van der Waals surface area contributed by atoms with Crippen molar-refractivity contribution in [3.8, 4) is 0 Å². The van der Waals surface area contributed by atoms with E-state index in [0.29, 0.717) is 32.5 Å². The second-order valence-electron chi connectivity index (χ2n) is 9.55. The van der Waals surface area contributed by atoms with Gasteiger partial charge in [0.2, 0.25) is 17.7 Å². The topological polar surface area (TPSA) is 95.7 Å². The van der Waals surface area contributed by atoms with Gasteiger partial charge in [-0.3, -0.25) is 14.4 Å². The predicted octanol–water partition coefficient (Wildman–Crippen LogP) is 1.51. The first-order valence-corrected chi connectivity index (χ1v) is 10.7. The summed E-state index contributed by atoms with van der Waals surface area (Å²) in [5, 5.41) is 3.33. The van der Waals surface area contributed by atoms with Crippen molar-refractivity contribution < 1.29 is 14.4 Å². The Hall–Kier alpha value is -1.63. The zero-order chi connectivity index (χ0) is 20.9. The standard InChI is InChI=1S/C21H38N4O3/c1-5-6-17(20(28)24-10-7-15(8-11-24)13-18(22)26)25-12-9-23-16(19(25)27)14-21(2,3)4/h15-17,23H,5-14H2,1-4H3,(H2,22,26)/t16-,17-/m0/s1. The minimum atomic E-state index is -0.380. The van der Waals surface area contributed by atoms with Crippen LogP contribution in [-0.4, -0.2) is 65.8 Å². The van der Waals surface area contributed by atoms with Crippen molar-refractivity contribution >= 4 is 17.7 Å². The minimum absolute atomic E-state index is 0.0446. The summed E-state index contributed by atoms with van der Waals surface area (Å²) in [5.41, 5.74) is 5.35. The first-order valence-electron chi connectivity index (χ1n) is 10.7. The Labute approximate surface area is 169 Å². The van der Waals surface area contributed by atoms with E-state index in [1.54, 1.807) is 0 Å². The lowest BCUT2D eigenvalue weighted by Gasteiger charge is -2.42. The van der Waals surface area contributed by atoms with Gasteiger partial charge in [-0.25, -0.2) is 0 Å². The van der Waals surface area contributed by atoms with E-state index in [4.69, 9.17) is 5.73 Å². The maximum Gasteiger partial charge on any atom is 0.245 e. The van der Waals surface area contributed by atoms with E-state index < -0.39 is 0 Å². The number of likely N-dealkylation sites (tertiary alicyclic amines) is 1. The molecule has 3 N–H and O–H groups in total. The quantitative estimate of drug-likeness (QED) is 0.684. The van der Waals surface area contributed by atoms with Crippen molar-refractivity contribution in [2.45, 2.75) is 78.3 Å². The first kappa shape index (κ1) is 22.7. The number of rotatable bonds is 7. The summed E-state index contributed by atoms with van der Waals surface area (Å²) in [6.07, 6.45) is 4.30. The molecule has 2 rings (SSSR count). The summed E-state index contributed by atoms with van der Waals surface area (Å²) in [6, 6.07) is -0.600. The SMILES string of the molecule is CCC[C@@H](C(=O)N1CCC(CC(N)=O)CC1)N1CCN[C@@H](CC(C)(C)C)C1=O. The average Bonchev–Trinajstić information content (AvgIpc) is 2.60. The molecule has 0 aliphatic carbocycles. The fourth-order valence-electron chi connectivity index (χ4n) is 4.38. The number of carbonyl (C=O) groups is 3. The second-order valence-corrected chi connectivity index (χ2v) is 9.55. The molecule has 0 radical (unpaired) electrons. The molecule has 160 valence electrons. The summed E-state index contributed by atoms with van der Waals surface area (Å²) < 4.78 is 0. The van der Waals surface area contributed by atoms with E-state index in [1.807, 2.05) is 9.80 Å². The number of nitrogens with one attached hydrogen (secondary N) is 1. The van der Waals surface area contributed by atoms with Gasteiger partial charge in [0.25, 0.3) is 0 Å². The van der Waals surface area contributed by atoms with E-state index in [9.17, 15) is 14.4 Å². The molecular formula is C21H38N4O3. The third kappa shape index (κ3) is 6.19. The van der Waals surface area contributed by atoms with Gasteiger partial charge in [0.05, 0.1) is 6.04 Å². The third-order valence-electron chi connectivity index (χ3n) is 5.78. The summed E-state index contributed by atoms with van der Waals surface area (Å²) in [6.45, 7) is 11.0. The van der Waals surface area contributed by atoms with Crippen molar-refractivity contribution in [2.24, 2.45) is 17.1 Å². The largest absolute Gasteiger partial charge is 0.370 e. The van der Waals surface area contributed by atoms with Gasteiger partial charge in [0.1, 0.15) is 6.04 Å². The lowest BCUT2D eigenvalue weighted by molar-refractivity contribution is -0.150. The van der Waals surface area contributed by atoms with Crippen LogP contribution in [0.4, 0.5) is 0 Å². The summed E-state index contributed by atoms with van der Waals surface area (Å²) >= 11 is 0. The number of piperazine rings is 1. The highest BCUT2D eigenvalue weighted by molar-refractivity contribution is 5.90. The fourth-order valence-corrected chi connectivity index (χ4v) is 4.38. The highest BCUT2D eigenvalue weighted by Gasteiger charge is 2.39. The van der Waals surface area contributed by atoms with Gasteiger partial charge in [-0.1, -0.05) is 34.1 Å². The highest BCUT2D eigenvalue weighted by Crippen LogP contribution is 2.26. The van der Waals surface area contributed by atoms with Crippen LogP contribution in [-0.2, 0) is 14.4 Å². The Morgan fingerprint density at radius 1 is 1.21 bits per heavy atom. The number of carbonyl (C=O) groups excluding carboxylic acids is 3. The highest BCUT2D eigenvalue weighted by atomic mass is 16.2. The summed E-state index contributed by atoms with van der Waals surface area (Å²) in [7, 11) is 0. The number of nitrogens with two attached hydrogens (primary N) is 1. The zero-order valence-corrected chi connectivity index (χ0v) is 18.0. The Bertz CT molecular complexity index is 564. The van der Waals surface area contributed by atoms with Gasteiger partial charge in [-0.15, -0.1) is 0 Å². The molecule has 2 atom stereocenters. The molecule has 0 spiro atoms. The van der Waals surface area contributed by atoms with Gasteiger partial charge < -0.3 is 20.9 Å². The van der Waals surface area contributed by atoms with Crippen LogP contribution in [0.3, 0.4) is 0 Å². The second kappa shape index (κ2) is 9.72. The van der Waals surface area contributed by atoms with E-state index in [1.165, 1.54) is 0 Å². The molecular weight excluding hydrogens is 356 g/mol. The molecule has 3 amide bonds. The van der Waals surface area contributed by atoms with Crippen molar-refractivity contribution in [1.82, 2.24) is 15.1 Å². The minimum Gasteiger partial charge on any atom is -0.370 e.